The first-order chi connectivity index (χ1) is 10.1. The molecule has 1 fully saturated rings. The van der Waals surface area contributed by atoms with E-state index >= 15 is 0 Å². The minimum absolute atomic E-state index is 0.344. The molecule has 112 valence electrons. The molecular weight excluding hydrogens is 294 g/mol. The van der Waals surface area contributed by atoms with Gasteiger partial charge in [-0.3, -0.25) is 4.90 Å². The molecule has 1 aliphatic heterocycles. The number of nitrogen functional groups attached to an aromatic ring is 1. The van der Waals surface area contributed by atoms with Gasteiger partial charge in [-0.1, -0.05) is 6.07 Å². The number of hydrogen-bond acceptors (Lipinski definition) is 5. The lowest BCUT2D eigenvalue weighted by Gasteiger charge is -2.35. The third kappa shape index (κ3) is 3.14. The van der Waals surface area contributed by atoms with Crippen molar-refractivity contribution in [2.45, 2.75) is 6.54 Å². The zero-order chi connectivity index (χ0) is 14.8. The third-order valence-corrected chi connectivity index (χ3v) is 4.41. The Morgan fingerprint density at radius 1 is 1.19 bits per heavy atom. The van der Waals surface area contributed by atoms with Gasteiger partial charge < -0.3 is 10.6 Å². The zero-order valence-corrected chi connectivity index (χ0v) is 12.2. The lowest BCUT2D eigenvalue weighted by molar-refractivity contribution is 0.251. The summed E-state index contributed by atoms with van der Waals surface area (Å²) in [5, 5.41) is 0.575. The monoisotopic (exact) mass is 310 g/mol. The predicted octanol–water partition coefficient (Wildman–Crippen LogP) is 2.33. The fourth-order valence-electron chi connectivity index (χ4n) is 2.50. The highest BCUT2D eigenvalue weighted by atomic mass is 32.1. The van der Waals surface area contributed by atoms with E-state index in [4.69, 9.17) is 5.73 Å². The van der Waals surface area contributed by atoms with Crippen LogP contribution >= 0.6 is 11.3 Å². The number of benzene rings is 1. The van der Waals surface area contributed by atoms with Crippen molar-refractivity contribution in [3.63, 3.8) is 0 Å². The fourth-order valence-corrected chi connectivity index (χ4v) is 3.23. The van der Waals surface area contributed by atoms with Gasteiger partial charge in [0.2, 0.25) is 0 Å². The van der Waals surface area contributed by atoms with Crippen LogP contribution in [-0.4, -0.2) is 36.1 Å². The summed E-state index contributed by atoms with van der Waals surface area (Å²) in [7, 11) is 0. The molecule has 7 heteroatoms. The molecule has 1 aromatic heterocycles. The van der Waals surface area contributed by atoms with Crippen LogP contribution in [0.5, 0.6) is 0 Å². The Balaban J connectivity index is 1.61. The summed E-state index contributed by atoms with van der Waals surface area (Å²) < 4.78 is 27.1. The number of halogens is 2. The third-order valence-electron chi connectivity index (χ3n) is 3.60. The van der Waals surface area contributed by atoms with E-state index in [0.717, 1.165) is 30.6 Å². The number of thiazole rings is 1. The van der Waals surface area contributed by atoms with Crippen LogP contribution in [0.2, 0.25) is 0 Å². The highest BCUT2D eigenvalue weighted by molar-refractivity contribution is 7.15. The van der Waals surface area contributed by atoms with Crippen molar-refractivity contribution in [2.75, 3.05) is 36.8 Å². The predicted molar refractivity (Wildman–Crippen MR) is 80.4 cm³/mol. The maximum absolute atomic E-state index is 13.8. The summed E-state index contributed by atoms with van der Waals surface area (Å²) in [6.07, 6.45) is 1.79. The zero-order valence-electron chi connectivity index (χ0n) is 11.4. The normalized spacial score (nSPS) is 16.4. The number of rotatable bonds is 3. The Kier molecular flexibility index (Phi) is 4.03. The number of nitrogens with zero attached hydrogens (tertiary/aromatic N) is 3. The van der Waals surface area contributed by atoms with Gasteiger partial charge >= 0.3 is 0 Å². The summed E-state index contributed by atoms with van der Waals surface area (Å²) in [4.78, 5) is 9.31. The summed E-state index contributed by atoms with van der Waals surface area (Å²) >= 11 is 1.48. The highest BCUT2D eigenvalue weighted by Gasteiger charge is 2.21. The van der Waals surface area contributed by atoms with Crippen LogP contribution in [0.4, 0.5) is 19.6 Å². The van der Waals surface area contributed by atoms with E-state index in [1.54, 1.807) is 18.3 Å². The van der Waals surface area contributed by atoms with Crippen molar-refractivity contribution in [3.8, 4) is 0 Å². The second-order valence-electron chi connectivity index (χ2n) is 5.00. The van der Waals surface area contributed by atoms with E-state index in [0.29, 0.717) is 23.9 Å². The van der Waals surface area contributed by atoms with Gasteiger partial charge in [0.25, 0.3) is 0 Å². The van der Waals surface area contributed by atoms with Gasteiger partial charge in [-0.15, -0.1) is 11.3 Å². The average molecular weight is 310 g/mol. The molecule has 2 aromatic rings. The van der Waals surface area contributed by atoms with Gasteiger partial charge in [0, 0.05) is 43.8 Å². The highest BCUT2D eigenvalue weighted by Crippen LogP contribution is 2.23. The van der Waals surface area contributed by atoms with Gasteiger partial charge in [-0.05, 0) is 12.1 Å². The van der Waals surface area contributed by atoms with Crippen molar-refractivity contribution in [3.05, 3.63) is 40.9 Å². The van der Waals surface area contributed by atoms with Crippen LogP contribution in [0.15, 0.2) is 24.4 Å². The SMILES string of the molecule is Nc1ncc(CN2CCN(c3cccc(F)c3F)CC2)s1. The average Bonchev–Trinajstić information content (AvgIpc) is 2.88. The molecule has 0 atom stereocenters. The van der Waals surface area contributed by atoms with Crippen LogP contribution < -0.4 is 10.6 Å². The van der Waals surface area contributed by atoms with Crippen molar-refractivity contribution in [2.24, 2.45) is 0 Å². The smallest absolute Gasteiger partial charge is 0.182 e. The molecule has 0 aliphatic carbocycles. The molecule has 1 aromatic carbocycles. The van der Waals surface area contributed by atoms with Crippen molar-refractivity contribution in [1.82, 2.24) is 9.88 Å². The van der Waals surface area contributed by atoms with Crippen molar-refractivity contribution >= 4 is 22.2 Å². The molecular formula is C14H16F2N4S. The lowest BCUT2D eigenvalue weighted by Crippen LogP contribution is -2.46. The second kappa shape index (κ2) is 5.95. The first kappa shape index (κ1) is 14.2. The van der Waals surface area contributed by atoms with Gasteiger partial charge in [0.1, 0.15) is 0 Å². The quantitative estimate of drug-likeness (QED) is 0.945. The number of nitrogens with two attached hydrogens (primary N) is 1. The van der Waals surface area contributed by atoms with Gasteiger partial charge in [0.05, 0.1) is 5.69 Å². The molecule has 0 amide bonds. The molecule has 0 unspecified atom stereocenters. The molecule has 3 rings (SSSR count). The number of piperazine rings is 1. The van der Waals surface area contributed by atoms with Gasteiger partial charge in [-0.25, -0.2) is 13.8 Å². The molecule has 2 heterocycles. The molecule has 2 N–H and O–H groups in total. The molecule has 1 aliphatic rings. The molecule has 0 spiro atoms. The molecule has 1 saturated heterocycles. The van der Waals surface area contributed by atoms with Crippen molar-refractivity contribution < 1.29 is 8.78 Å². The fraction of sp³-hybridized carbons (Fsp3) is 0.357. The summed E-state index contributed by atoms with van der Waals surface area (Å²) in [5.41, 5.74) is 5.96. The van der Waals surface area contributed by atoms with E-state index in [1.807, 2.05) is 4.90 Å². The number of anilines is 2. The van der Waals surface area contributed by atoms with E-state index in [1.165, 1.54) is 11.3 Å². The molecule has 21 heavy (non-hydrogen) atoms. The summed E-state index contributed by atoms with van der Waals surface area (Å²) in [5.74, 6) is -1.56. The van der Waals surface area contributed by atoms with Gasteiger partial charge in [-0.2, -0.15) is 0 Å². The van der Waals surface area contributed by atoms with Crippen LogP contribution in [0.25, 0.3) is 0 Å². The Hall–Kier alpha value is -1.73. The maximum Gasteiger partial charge on any atom is 0.182 e. The summed E-state index contributed by atoms with van der Waals surface area (Å²) in [6.45, 7) is 3.75. The number of hydrogen-bond donors (Lipinski definition) is 1. The Morgan fingerprint density at radius 3 is 2.62 bits per heavy atom. The van der Waals surface area contributed by atoms with Crippen LogP contribution in [0.3, 0.4) is 0 Å². The molecule has 4 nitrogen and oxygen atoms in total. The Labute approximate surface area is 125 Å². The Morgan fingerprint density at radius 2 is 1.95 bits per heavy atom. The molecule has 0 bridgehead atoms. The minimum atomic E-state index is -0.796. The van der Waals surface area contributed by atoms with E-state index in [-0.39, 0.29) is 0 Å². The molecule has 0 saturated carbocycles. The van der Waals surface area contributed by atoms with Gasteiger partial charge in [0.15, 0.2) is 16.8 Å². The van der Waals surface area contributed by atoms with Crippen molar-refractivity contribution in [1.29, 1.82) is 0 Å². The van der Waals surface area contributed by atoms with E-state index in [2.05, 4.69) is 9.88 Å². The number of aromatic nitrogens is 1. The lowest BCUT2D eigenvalue weighted by atomic mass is 10.2. The van der Waals surface area contributed by atoms with Crippen LogP contribution in [0, 0.1) is 11.6 Å². The van der Waals surface area contributed by atoms with Crippen LogP contribution in [-0.2, 0) is 6.54 Å². The van der Waals surface area contributed by atoms with E-state index in [9.17, 15) is 8.78 Å². The minimum Gasteiger partial charge on any atom is -0.375 e. The maximum atomic E-state index is 13.8. The van der Waals surface area contributed by atoms with E-state index < -0.39 is 11.6 Å². The van der Waals surface area contributed by atoms with Crippen LogP contribution in [0.1, 0.15) is 4.88 Å². The molecule has 0 radical (unpaired) electrons. The first-order valence-electron chi connectivity index (χ1n) is 6.75. The standard InChI is InChI=1S/C14H16F2N4S/c15-11-2-1-3-12(13(11)16)20-6-4-19(5-7-20)9-10-8-18-14(17)21-10/h1-3,8H,4-7,9H2,(H2,17,18). The first-order valence-corrected chi connectivity index (χ1v) is 7.56. The Bertz CT molecular complexity index is 623. The largest absolute Gasteiger partial charge is 0.375 e. The topological polar surface area (TPSA) is 45.4 Å². The second-order valence-corrected chi connectivity index (χ2v) is 6.15. The summed E-state index contributed by atoms with van der Waals surface area (Å²) in [6, 6.07) is 4.31.